The molecule has 1 atom stereocenters. The van der Waals surface area contributed by atoms with E-state index in [1.165, 1.54) is 31.2 Å². The second kappa shape index (κ2) is 5.35. The van der Waals surface area contributed by atoms with E-state index in [9.17, 15) is 16.8 Å². The van der Waals surface area contributed by atoms with Crippen LogP contribution in [0.2, 0.25) is 0 Å². The molecule has 8 heteroatoms. The van der Waals surface area contributed by atoms with Crippen molar-refractivity contribution in [3.05, 3.63) is 24.3 Å². The van der Waals surface area contributed by atoms with Gasteiger partial charge < -0.3 is 5.11 Å². The van der Waals surface area contributed by atoms with Crippen LogP contribution < -0.4 is 4.72 Å². The van der Waals surface area contributed by atoms with Gasteiger partial charge in [-0.25, -0.2) is 21.6 Å². The third-order valence-corrected chi connectivity index (χ3v) is 4.70. The third kappa shape index (κ3) is 4.05. The Morgan fingerprint density at radius 2 is 1.56 bits per heavy atom. The summed E-state index contributed by atoms with van der Waals surface area (Å²) >= 11 is 0. The maximum Gasteiger partial charge on any atom is 0.240 e. The summed E-state index contributed by atoms with van der Waals surface area (Å²) in [5, 5.41) is 9.01. The first-order valence-corrected chi connectivity index (χ1v) is 8.48. The Morgan fingerprint density at radius 1 is 1.11 bits per heavy atom. The van der Waals surface area contributed by atoms with E-state index in [-0.39, 0.29) is 16.3 Å². The van der Waals surface area contributed by atoms with Crippen molar-refractivity contribution in [1.82, 2.24) is 4.72 Å². The quantitative estimate of drug-likeness (QED) is 0.779. The summed E-state index contributed by atoms with van der Waals surface area (Å²) < 4.78 is 48.1. The van der Waals surface area contributed by atoms with Crippen LogP contribution in [0, 0.1) is 0 Å². The van der Waals surface area contributed by atoms with Crippen molar-refractivity contribution in [1.29, 1.82) is 0 Å². The largest absolute Gasteiger partial charge is 0.392 e. The lowest BCUT2D eigenvalue weighted by molar-refractivity contribution is 0.198. The van der Waals surface area contributed by atoms with Crippen LogP contribution in [-0.2, 0) is 19.9 Å². The van der Waals surface area contributed by atoms with E-state index in [2.05, 4.69) is 4.72 Å². The minimum atomic E-state index is -3.72. The molecule has 6 nitrogen and oxygen atoms in total. The van der Waals surface area contributed by atoms with Crippen LogP contribution in [0.15, 0.2) is 34.1 Å². The van der Waals surface area contributed by atoms with E-state index in [1.54, 1.807) is 0 Å². The molecule has 2 N–H and O–H groups in total. The van der Waals surface area contributed by atoms with Crippen molar-refractivity contribution in [2.24, 2.45) is 0 Å². The van der Waals surface area contributed by atoms with E-state index in [4.69, 9.17) is 5.11 Å². The zero-order chi connectivity index (χ0) is 14.0. The second-order valence-corrected chi connectivity index (χ2v) is 7.73. The molecule has 1 unspecified atom stereocenters. The van der Waals surface area contributed by atoms with Crippen molar-refractivity contribution in [2.75, 3.05) is 12.8 Å². The Morgan fingerprint density at radius 3 is 1.94 bits per heavy atom. The molecule has 0 spiro atoms. The molecule has 0 radical (unpaired) electrons. The van der Waals surface area contributed by atoms with Gasteiger partial charge in [0.15, 0.2) is 9.84 Å². The fourth-order valence-corrected chi connectivity index (χ4v) is 2.93. The normalized spacial score (nSPS) is 14.4. The molecule has 18 heavy (non-hydrogen) atoms. The summed E-state index contributed by atoms with van der Waals surface area (Å²) in [6, 6.07) is 4.88. The van der Waals surface area contributed by atoms with Crippen molar-refractivity contribution >= 4 is 19.9 Å². The van der Waals surface area contributed by atoms with E-state index in [0.717, 1.165) is 6.26 Å². The number of rotatable bonds is 5. The van der Waals surface area contributed by atoms with Gasteiger partial charge in [0.05, 0.1) is 15.9 Å². The fourth-order valence-electron chi connectivity index (χ4n) is 1.18. The van der Waals surface area contributed by atoms with E-state index in [0.29, 0.717) is 0 Å². The zero-order valence-electron chi connectivity index (χ0n) is 9.99. The van der Waals surface area contributed by atoms with Gasteiger partial charge in [0, 0.05) is 12.8 Å². The highest BCUT2D eigenvalue weighted by atomic mass is 32.2. The standard InChI is InChI=1S/C10H15NO5S2/c1-8(12)7-11-18(15,16)10-5-3-9(4-6-10)17(2,13)14/h3-6,8,11-12H,7H2,1-2H3. The van der Waals surface area contributed by atoms with Crippen LogP contribution in [0.4, 0.5) is 0 Å². The summed E-state index contributed by atoms with van der Waals surface area (Å²) in [5.41, 5.74) is 0. The molecule has 0 aliphatic carbocycles. The number of nitrogens with one attached hydrogen (secondary N) is 1. The molecular formula is C10H15NO5S2. The predicted octanol–water partition coefficient (Wildman–Crippen LogP) is -0.251. The van der Waals surface area contributed by atoms with Crippen LogP contribution in [0.25, 0.3) is 0 Å². The van der Waals surface area contributed by atoms with Crippen LogP contribution in [-0.4, -0.2) is 40.8 Å². The molecule has 1 rings (SSSR count). The number of sulfonamides is 1. The highest BCUT2D eigenvalue weighted by Crippen LogP contribution is 2.14. The number of sulfone groups is 1. The molecule has 102 valence electrons. The molecule has 0 amide bonds. The van der Waals surface area contributed by atoms with Gasteiger partial charge in [-0.1, -0.05) is 0 Å². The number of aliphatic hydroxyl groups excluding tert-OH is 1. The molecular weight excluding hydrogens is 278 g/mol. The Balaban J connectivity index is 2.98. The topological polar surface area (TPSA) is 101 Å². The molecule has 1 aromatic rings. The van der Waals surface area contributed by atoms with Gasteiger partial charge in [-0.3, -0.25) is 0 Å². The average molecular weight is 293 g/mol. The summed E-state index contributed by atoms with van der Waals surface area (Å²) in [6.07, 6.45) is 0.248. The first-order chi connectivity index (χ1) is 8.13. The van der Waals surface area contributed by atoms with Crippen LogP contribution in [0.5, 0.6) is 0 Å². The van der Waals surface area contributed by atoms with E-state index >= 15 is 0 Å². The SMILES string of the molecule is CC(O)CNS(=O)(=O)c1ccc(S(C)(=O)=O)cc1. The maximum atomic E-state index is 11.7. The Hall–Kier alpha value is -0.960. The minimum Gasteiger partial charge on any atom is -0.392 e. The average Bonchev–Trinajstić information content (AvgIpc) is 2.26. The van der Waals surface area contributed by atoms with Crippen LogP contribution in [0.1, 0.15) is 6.92 Å². The Labute approximate surface area is 107 Å². The van der Waals surface area contributed by atoms with Gasteiger partial charge in [0.1, 0.15) is 0 Å². The van der Waals surface area contributed by atoms with Crippen LogP contribution in [0.3, 0.4) is 0 Å². The summed E-state index contributed by atoms with van der Waals surface area (Å²) in [7, 11) is -7.07. The zero-order valence-corrected chi connectivity index (χ0v) is 11.6. The van der Waals surface area contributed by atoms with Gasteiger partial charge >= 0.3 is 0 Å². The smallest absolute Gasteiger partial charge is 0.240 e. The van der Waals surface area contributed by atoms with E-state index < -0.39 is 26.0 Å². The Bertz CT molecular complexity index is 602. The first-order valence-electron chi connectivity index (χ1n) is 5.11. The highest BCUT2D eigenvalue weighted by Gasteiger charge is 2.15. The van der Waals surface area contributed by atoms with Crippen molar-refractivity contribution in [3.63, 3.8) is 0 Å². The number of aliphatic hydroxyl groups is 1. The van der Waals surface area contributed by atoms with Gasteiger partial charge in [-0.2, -0.15) is 0 Å². The molecule has 0 fully saturated rings. The summed E-state index contributed by atoms with van der Waals surface area (Å²) in [6.45, 7) is 1.35. The fraction of sp³-hybridized carbons (Fsp3) is 0.400. The minimum absolute atomic E-state index is 0.0458. The van der Waals surface area contributed by atoms with Gasteiger partial charge in [0.2, 0.25) is 10.0 Å². The van der Waals surface area contributed by atoms with E-state index in [1.807, 2.05) is 0 Å². The van der Waals surface area contributed by atoms with Crippen molar-refractivity contribution in [3.8, 4) is 0 Å². The molecule has 0 aromatic heterocycles. The van der Waals surface area contributed by atoms with Gasteiger partial charge in [-0.15, -0.1) is 0 Å². The summed E-state index contributed by atoms with van der Waals surface area (Å²) in [4.78, 5) is 0.00697. The predicted molar refractivity (Wildman–Crippen MR) is 66.4 cm³/mol. The number of benzene rings is 1. The molecule has 1 aromatic carbocycles. The van der Waals surface area contributed by atoms with Gasteiger partial charge in [-0.05, 0) is 31.2 Å². The molecule has 0 saturated carbocycles. The lowest BCUT2D eigenvalue weighted by Gasteiger charge is -2.08. The highest BCUT2D eigenvalue weighted by molar-refractivity contribution is 7.90. The van der Waals surface area contributed by atoms with Crippen molar-refractivity contribution in [2.45, 2.75) is 22.8 Å². The Kier molecular flexibility index (Phi) is 4.49. The monoisotopic (exact) mass is 293 g/mol. The molecule has 0 aliphatic heterocycles. The molecule has 0 aliphatic rings. The maximum absolute atomic E-state index is 11.7. The number of hydrogen-bond donors (Lipinski definition) is 2. The lowest BCUT2D eigenvalue weighted by atomic mass is 10.4. The molecule has 0 bridgehead atoms. The number of hydrogen-bond acceptors (Lipinski definition) is 5. The lowest BCUT2D eigenvalue weighted by Crippen LogP contribution is -2.30. The summed E-state index contributed by atoms with van der Waals surface area (Å²) in [5.74, 6) is 0. The molecule has 0 heterocycles. The molecule has 0 saturated heterocycles. The second-order valence-electron chi connectivity index (χ2n) is 3.94. The van der Waals surface area contributed by atoms with Gasteiger partial charge in [0.25, 0.3) is 0 Å². The van der Waals surface area contributed by atoms with Crippen molar-refractivity contribution < 1.29 is 21.9 Å². The van der Waals surface area contributed by atoms with Crippen LogP contribution >= 0.6 is 0 Å². The third-order valence-electron chi connectivity index (χ3n) is 2.13. The first kappa shape index (κ1) is 15.1.